The summed E-state index contributed by atoms with van der Waals surface area (Å²) in [7, 11) is 0. The Hall–Kier alpha value is -1.58. The summed E-state index contributed by atoms with van der Waals surface area (Å²) < 4.78 is 0. The lowest BCUT2D eigenvalue weighted by Gasteiger charge is -2.27. The van der Waals surface area contributed by atoms with Gasteiger partial charge >= 0.3 is 0 Å². The SMILES string of the molecule is CCNCC(O)CN(CC)c1cccc2ccccc12. The third kappa shape index (κ3) is 3.50. The minimum absolute atomic E-state index is 0.353. The van der Waals surface area contributed by atoms with Crippen molar-refractivity contribution in [2.45, 2.75) is 20.0 Å². The van der Waals surface area contributed by atoms with E-state index in [1.165, 1.54) is 16.5 Å². The zero-order valence-corrected chi connectivity index (χ0v) is 12.3. The first-order valence-electron chi connectivity index (χ1n) is 7.37. The summed E-state index contributed by atoms with van der Waals surface area (Å²) in [5.41, 5.74) is 1.20. The molecule has 1 unspecified atom stereocenters. The van der Waals surface area contributed by atoms with Crippen LogP contribution in [0.4, 0.5) is 5.69 Å². The van der Waals surface area contributed by atoms with Crippen molar-refractivity contribution in [3.63, 3.8) is 0 Å². The third-order valence-corrected chi connectivity index (χ3v) is 3.55. The Morgan fingerprint density at radius 2 is 1.85 bits per heavy atom. The van der Waals surface area contributed by atoms with Gasteiger partial charge in [0.1, 0.15) is 0 Å². The summed E-state index contributed by atoms with van der Waals surface area (Å²) in [5, 5.41) is 15.8. The molecule has 0 amide bonds. The van der Waals surface area contributed by atoms with E-state index in [2.05, 4.69) is 66.5 Å². The van der Waals surface area contributed by atoms with E-state index in [4.69, 9.17) is 0 Å². The molecular weight excluding hydrogens is 248 g/mol. The first kappa shape index (κ1) is 14.8. The summed E-state index contributed by atoms with van der Waals surface area (Å²) in [6.45, 7) is 7.24. The van der Waals surface area contributed by atoms with E-state index >= 15 is 0 Å². The number of likely N-dealkylation sites (N-methyl/N-ethyl adjacent to an activating group) is 2. The number of anilines is 1. The molecular formula is C17H24N2O. The highest BCUT2D eigenvalue weighted by atomic mass is 16.3. The quantitative estimate of drug-likeness (QED) is 0.813. The van der Waals surface area contributed by atoms with Crippen LogP contribution in [0.1, 0.15) is 13.8 Å². The van der Waals surface area contributed by atoms with Gasteiger partial charge in [-0.05, 0) is 24.9 Å². The maximum absolute atomic E-state index is 10.1. The van der Waals surface area contributed by atoms with E-state index in [1.807, 2.05) is 0 Å². The molecule has 0 fully saturated rings. The normalized spacial score (nSPS) is 12.6. The minimum atomic E-state index is -0.353. The smallest absolute Gasteiger partial charge is 0.0839 e. The van der Waals surface area contributed by atoms with Gasteiger partial charge in [-0.25, -0.2) is 0 Å². The van der Waals surface area contributed by atoms with Crippen molar-refractivity contribution in [3.05, 3.63) is 42.5 Å². The molecule has 0 saturated carbocycles. The largest absolute Gasteiger partial charge is 0.390 e. The van der Waals surface area contributed by atoms with Crippen molar-refractivity contribution in [2.24, 2.45) is 0 Å². The number of hydrogen-bond acceptors (Lipinski definition) is 3. The van der Waals surface area contributed by atoms with Crippen LogP contribution < -0.4 is 10.2 Å². The number of nitrogens with zero attached hydrogens (tertiary/aromatic N) is 1. The van der Waals surface area contributed by atoms with Crippen LogP contribution in [0.25, 0.3) is 10.8 Å². The maximum Gasteiger partial charge on any atom is 0.0839 e. The standard InChI is InChI=1S/C17H24N2O/c1-3-18-12-15(20)13-19(4-2)17-11-7-9-14-8-5-6-10-16(14)17/h5-11,15,18,20H,3-4,12-13H2,1-2H3. The van der Waals surface area contributed by atoms with E-state index in [0.717, 1.165) is 13.1 Å². The molecule has 1 atom stereocenters. The lowest BCUT2D eigenvalue weighted by atomic mass is 10.1. The van der Waals surface area contributed by atoms with Gasteiger partial charge in [-0.2, -0.15) is 0 Å². The molecule has 0 spiro atoms. The molecule has 2 aromatic rings. The van der Waals surface area contributed by atoms with E-state index in [1.54, 1.807) is 0 Å². The van der Waals surface area contributed by atoms with Crippen LogP contribution in [0, 0.1) is 0 Å². The van der Waals surface area contributed by atoms with Gasteiger partial charge in [-0.1, -0.05) is 43.3 Å². The topological polar surface area (TPSA) is 35.5 Å². The molecule has 0 aliphatic rings. The lowest BCUT2D eigenvalue weighted by Crippen LogP contribution is -2.38. The number of nitrogens with one attached hydrogen (secondary N) is 1. The van der Waals surface area contributed by atoms with Crippen LogP contribution >= 0.6 is 0 Å². The Morgan fingerprint density at radius 1 is 1.10 bits per heavy atom. The van der Waals surface area contributed by atoms with Gasteiger partial charge < -0.3 is 15.3 Å². The van der Waals surface area contributed by atoms with E-state index < -0.39 is 0 Å². The fourth-order valence-electron chi connectivity index (χ4n) is 2.51. The molecule has 108 valence electrons. The molecule has 0 saturated heterocycles. The van der Waals surface area contributed by atoms with Crippen LogP contribution in [0.2, 0.25) is 0 Å². The van der Waals surface area contributed by atoms with E-state index in [0.29, 0.717) is 13.1 Å². The fraction of sp³-hybridized carbons (Fsp3) is 0.412. The zero-order valence-electron chi connectivity index (χ0n) is 12.3. The molecule has 0 heterocycles. The van der Waals surface area contributed by atoms with Crippen LogP contribution in [0.3, 0.4) is 0 Å². The van der Waals surface area contributed by atoms with Crippen LogP contribution in [-0.2, 0) is 0 Å². The summed E-state index contributed by atoms with van der Waals surface area (Å²) in [5.74, 6) is 0. The monoisotopic (exact) mass is 272 g/mol. The van der Waals surface area contributed by atoms with Crippen molar-refractivity contribution >= 4 is 16.5 Å². The molecule has 0 aliphatic heterocycles. The average Bonchev–Trinajstić information content (AvgIpc) is 2.50. The number of aliphatic hydroxyl groups is 1. The molecule has 3 nitrogen and oxygen atoms in total. The zero-order chi connectivity index (χ0) is 14.4. The predicted octanol–water partition coefficient (Wildman–Crippen LogP) is 2.64. The van der Waals surface area contributed by atoms with Crippen molar-refractivity contribution in [2.75, 3.05) is 31.1 Å². The van der Waals surface area contributed by atoms with Crippen molar-refractivity contribution < 1.29 is 5.11 Å². The Morgan fingerprint density at radius 3 is 2.60 bits per heavy atom. The third-order valence-electron chi connectivity index (χ3n) is 3.55. The van der Waals surface area contributed by atoms with Crippen LogP contribution in [0.5, 0.6) is 0 Å². The second-order valence-electron chi connectivity index (χ2n) is 5.00. The highest BCUT2D eigenvalue weighted by molar-refractivity contribution is 5.94. The van der Waals surface area contributed by atoms with Crippen molar-refractivity contribution in [1.82, 2.24) is 5.32 Å². The lowest BCUT2D eigenvalue weighted by molar-refractivity contribution is 0.178. The van der Waals surface area contributed by atoms with Gasteiger partial charge in [0.05, 0.1) is 6.10 Å². The molecule has 0 aromatic heterocycles. The van der Waals surface area contributed by atoms with Crippen LogP contribution in [-0.4, -0.2) is 37.4 Å². The molecule has 3 heteroatoms. The van der Waals surface area contributed by atoms with Gasteiger partial charge in [0, 0.05) is 30.7 Å². The number of hydrogen-bond donors (Lipinski definition) is 2. The molecule has 2 rings (SSSR count). The highest BCUT2D eigenvalue weighted by Gasteiger charge is 2.12. The molecule has 0 aliphatic carbocycles. The minimum Gasteiger partial charge on any atom is -0.390 e. The van der Waals surface area contributed by atoms with E-state index in [9.17, 15) is 5.11 Å². The highest BCUT2D eigenvalue weighted by Crippen LogP contribution is 2.26. The number of aliphatic hydroxyl groups excluding tert-OH is 1. The van der Waals surface area contributed by atoms with Crippen molar-refractivity contribution in [1.29, 1.82) is 0 Å². The second kappa shape index (κ2) is 7.27. The van der Waals surface area contributed by atoms with E-state index in [-0.39, 0.29) is 6.10 Å². The Kier molecular flexibility index (Phi) is 5.39. The maximum atomic E-state index is 10.1. The molecule has 2 N–H and O–H groups in total. The summed E-state index contributed by atoms with van der Waals surface area (Å²) in [6, 6.07) is 14.7. The van der Waals surface area contributed by atoms with Gasteiger partial charge in [-0.15, -0.1) is 0 Å². The summed E-state index contributed by atoms with van der Waals surface area (Å²) in [6.07, 6.45) is -0.353. The summed E-state index contributed by atoms with van der Waals surface area (Å²) >= 11 is 0. The Bertz CT molecular complexity index is 536. The molecule has 2 aromatic carbocycles. The first-order chi connectivity index (χ1) is 9.76. The number of fused-ring (bicyclic) bond motifs is 1. The molecule has 20 heavy (non-hydrogen) atoms. The van der Waals surface area contributed by atoms with Gasteiger partial charge in [0.2, 0.25) is 0 Å². The average molecular weight is 272 g/mol. The van der Waals surface area contributed by atoms with Gasteiger partial charge in [-0.3, -0.25) is 0 Å². The Labute approximate surface area is 121 Å². The van der Waals surface area contributed by atoms with Crippen LogP contribution in [0.15, 0.2) is 42.5 Å². The Balaban J connectivity index is 2.21. The van der Waals surface area contributed by atoms with Gasteiger partial charge in [0.25, 0.3) is 0 Å². The van der Waals surface area contributed by atoms with Gasteiger partial charge in [0.15, 0.2) is 0 Å². The molecule has 0 radical (unpaired) electrons. The second-order valence-corrected chi connectivity index (χ2v) is 5.00. The number of rotatable bonds is 7. The predicted molar refractivity (Wildman–Crippen MR) is 86.4 cm³/mol. The molecule has 0 bridgehead atoms. The fourth-order valence-corrected chi connectivity index (χ4v) is 2.51. The van der Waals surface area contributed by atoms with Crippen molar-refractivity contribution in [3.8, 4) is 0 Å². The summed E-state index contributed by atoms with van der Waals surface area (Å²) in [4.78, 5) is 2.24. The number of benzene rings is 2. The first-order valence-corrected chi connectivity index (χ1v) is 7.37.